The Morgan fingerprint density at radius 2 is 1.06 bits per heavy atom. The van der Waals surface area contributed by atoms with E-state index in [9.17, 15) is 61.0 Å². The van der Waals surface area contributed by atoms with Crippen molar-refractivity contribution >= 4 is 6.29 Å². The highest BCUT2D eigenvalue weighted by Gasteiger charge is 2.64. The lowest BCUT2D eigenvalue weighted by Crippen LogP contribution is -2.77. The summed E-state index contributed by atoms with van der Waals surface area (Å²) in [7, 11) is 0. The molecule has 2 unspecified atom stereocenters. The Bertz CT molecular complexity index is 601. The van der Waals surface area contributed by atoms with Crippen LogP contribution in [0.1, 0.15) is 13.8 Å². The third-order valence-electron chi connectivity index (χ3n) is 6.25. The summed E-state index contributed by atoms with van der Waals surface area (Å²) in [5, 5.41) is 113. The smallest absolute Gasteiger partial charge is 0.151 e. The summed E-state index contributed by atoms with van der Waals surface area (Å²) in [4.78, 5) is 10.8. The highest BCUT2D eigenvalue weighted by Crippen LogP contribution is 2.39. The first-order chi connectivity index (χ1) is 14.7. The van der Waals surface area contributed by atoms with Crippen molar-refractivity contribution in [3.8, 4) is 0 Å². The van der Waals surface area contributed by atoms with Gasteiger partial charge < -0.3 is 70.4 Å². The molecule has 2 aliphatic rings. The van der Waals surface area contributed by atoms with Crippen molar-refractivity contribution in [3.63, 3.8) is 0 Å². The molecule has 2 fully saturated rings. The fourth-order valence-electron chi connectivity index (χ4n) is 4.11. The summed E-state index contributed by atoms with van der Waals surface area (Å²) in [6.45, 7) is 2.47. The van der Waals surface area contributed by atoms with Gasteiger partial charge in [0.1, 0.15) is 73.2 Å². The summed E-state index contributed by atoms with van der Waals surface area (Å²) in [5.74, 6) is 0. The Labute approximate surface area is 182 Å². The second kappa shape index (κ2) is 10.2. The minimum Gasteiger partial charge on any atom is -0.388 e. The highest BCUT2D eigenvalue weighted by molar-refractivity contribution is 5.56. The second-order valence-corrected chi connectivity index (χ2v) is 8.41. The SMILES string of the molecule is C[C@@H]1OC(C(O)(C2O[C@@H](C)[C@@H](O)[C@@H](O)[C@@H]2O)[C@@H](O)[C@H](O)[C@H](O)[C@@H](O)C=O)[C@@H](O)[C@H](O)[C@@H]1O. The highest BCUT2D eigenvalue weighted by atomic mass is 16.6. The molecule has 14 heteroatoms. The number of aliphatic hydroxyl groups is 11. The van der Waals surface area contributed by atoms with E-state index in [4.69, 9.17) is 9.47 Å². The van der Waals surface area contributed by atoms with Gasteiger partial charge in [0.25, 0.3) is 0 Å². The van der Waals surface area contributed by atoms with Crippen LogP contribution in [-0.2, 0) is 14.3 Å². The molecule has 0 radical (unpaired) electrons. The third kappa shape index (κ3) is 4.56. The first-order valence-electron chi connectivity index (χ1n) is 10.0. The molecule has 0 amide bonds. The van der Waals surface area contributed by atoms with Gasteiger partial charge in [-0.15, -0.1) is 0 Å². The summed E-state index contributed by atoms with van der Waals surface area (Å²) >= 11 is 0. The minimum absolute atomic E-state index is 0.165. The number of rotatable bonds is 7. The molecule has 32 heavy (non-hydrogen) atoms. The van der Waals surface area contributed by atoms with Crippen molar-refractivity contribution in [3.05, 3.63) is 0 Å². The summed E-state index contributed by atoms with van der Waals surface area (Å²) in [6.07, 6.45) is -28.1. The van der Waals surface area contributed by atoms with Crippen molar-refractivity contribution in [1.29, 1.82) is 0 Å². The van der Waals surface area contributed by atoms with Gasteiger partial charge in [0.2, 0.25) is 0 Å². The number of carbonyl (C=O) groups excluding carboxylic acids is 1. The van der Waals surface area contributed by atoms with E-state index in [1.807, 2.05) is 0 Å². The van der Waals surface area contributed by atoms with Crippen molar-refractivity contribution in [2.45, 2.75) is 105 Å². The molecule has 0 saturated carbocycles. The van der Waals surface area contributed by atoms with E-state index in [1.165, 1.54) is 13.8 Å². The Morgan fingerprint density at radius 3 is 1.41 bits per heavy atom. The predicted molar refractivity (Wildman–Crippen MR) is 99.8 cm³/mol. The van der Waals surface area contributed by atoms with Gasteiger partial charge in [-0.3, -0.25) is 0 Å². The van der Waals surface area contributed by atoms with E-state index < -0.39 is 91.1 Å². The van der Waals surface area contributed by atoms with Gasteiger partial charge in [0.15, 0.2) is 11.9 Å². The quantitative estimate of drug-likeness (QED) is 0.154. The molecule has 11 N–H and O–H groups in total. The lowest BCUT2D eigenvalue weighted by Gasteiger charge is -2.54. The van der Waals surface area contributed by atoms with Crippen LogP contribution < -0.4 is 0 Å². The summed E-state index contributed by atoms with van der Waals surface area (Å²) in [6, 6.07) is 0. The lowest BCUT2D eigenvalue weighted by atomic mass is 9.72. The van der Waals surface area contributed by atoms with E-state index in [0.29, 0.717) is 0 Å². The maximum absolute atomic E-state index is 11.5. The molecule has 14 nitrogen and oxygen atoms in total. The van der Waals surface area contributed by atoms with Gasteiger partial charge in [-0.25, -0.2) is 0 Å². The number of hydrogen-bond acceptors (Lipinski definition) is 14. The average Bonchev–Trinajstić information content (AvgIpc) is 2.78. The number of carbonyl (C=O) groups is 1. The Hall–Kier alpha value is -0.850. The molecule has 14 atom stereocenters. The zero-order valence-electron chi connectivity index (χ0n) is 17.3. The first kappa shape index (κ1) is 27.4. The van der Waals surface area contributed by atoms with Crippen molar-refractivity contribution < 1.29 is 70.4 Å². The fraction of sp³-hybridized carbons (Fsp3) is 0.944. The molecule has 2 saturated heterocycles. The lowest BCUT2D eigenvalue weighted by molar-refractivity contribution is -0.342. The standard InChI is InChI=1S/C18H32O14/c1-4-7(21)10(24)13(27)16(31-4)18(30,15(29)12(26)9(23)6(20)3-19)17-14(28)11(25)8(22)5(2)32-17/h3-17,20-30H,1-2H3/t4-,5-,6-,7+,8+,9+,10+,11+,12+,13-,14-,15-,16?,17?,18?/m0/s1. The van der Waals surface area contributed by atoms with Crippen LogP contribution in [0.15, 0.2) is 0 Å². The molecule has 0 aromatic heterocycles. The molecule has 0 aromatic rings. The van der Waals surface area contributed by atoms with E-state index >= 15 is 0 Å². The molecular weight excluding hydrogens is 440 g/mol. The minimum atomic E-state index is -3.15. The molecule has 0 bridgehead atoms. The molecule has 0 aliphatic carbocycles. The zero-order valence-corrected chi connectivity index (χ0v) is 17.3. The molecular formula is C18H32O14. The van der Waals surface area contributed by atoms with E-state index in [0.717, 1.165) is 0 Å². The van der Waals surface area contributed by atoms with Gasteiger partial charge in [-0.1, -0.05) is 0 Å². The van der Waals surface area contributed by atoms with Gasteiger partial charge in [-0.2, -0.15) is 0 Å². The van der Waals surface area contributed by atoms with Crippen LogP contribution in [0.4, 0.5) is 0 Å². The fourth-order valence-corrected chi connectivity index (χ4v) is 4.11. The topological polar surface area (TPSA) is 258 Å². The van der Waals surface area contributed by atoms with E-state index in [-0.39, 0.29) is 6.29 Å². The molecule has 2 heterocycles. The van der Waals surface area contributed by atoms with Crippen LogP contribution in [0, 0.1) is 0 Å². The van der Waals surface area contributed by atoms with Crippen LogP contribution in [0.5, 0.6) is 0 Å². The zero-order chi connectivity index (χ0) is 24.7. The Kier molecular flexibility index (Phi) is 8.72. The van der Waals surface area contributed by atoms with Crippen molar-refractivity contribution in [1.82, 2.24) is 0 Å². The number of aliphatic hydroxyl groups excluding tert-OH is 10. The van der Waals surface area contributed by atoms with Gasteiger partial charge in [0, 0.05) is 0 Å². The number of ether oxygens (including phenoxy) is 2. The number of hydrogen-bond donors (Lipinski definition) is 11. The van der Waals surface area contributed by atoms with Crippen LogP contribution in [-0.4, -0.2) is 154 Å². The second-order valence-electron chi connectivity index (χ2n) is 8.41. The third-order valence-corrected chi connectivity index (χ3v) is 6.25. The summed E-state index contributed by atoms with van der Waals surface area (Å²) < 4.78 is 10.7. The van der Waals surface area contributed by atoms with E-state index in [2.05, 4.69) is 0 Å². The summed E-state index contributed by atoms with van der Waals surface area (Å²) in [5.41, 5.74) is -3.15. The first-order valence-corrected chi connectivity index (χ1v) is 10.0. The molecule has 0 aromatic carbocycles. The van der Waals surface area contributed by atoms with Crippen molar-refractivity contribution in [2.24, 2.45) is 0 Å². The number of aldehydes is 1. The largest absolute Gasteiger partial charge is 0.388 e. The maximum Gasteiger partial charge on any atom is 0.151 e. The Balaban J connectivity index is 2.57. The van der Waals surface area contributed by atoms with Crippen molar-refractivity contribution in [2.75, 3.05) is 0 Å². The van der Waals surface area contributed by atoms with Crippen LogP contribution in [0.3, 0.4) is 0 Å². The molecule has 188 valence electrons. The van der Waals surface area contributed by atoms with E-state index in [1.54, 1.807) is 0 Å². The maximum atomic E-state index is 11.5. The van der Waals surface area contributed by atoms with Crippen LogP contribution >= 0.6 is 0 Å². The van der Waals surface area contributed by atoms with Crippen LogP contribution in [0.25, 0.3) is 0 Å². The molecule has 2 aliphatic heterocycles. The predicted octanol–water partition coefficient (Wildman–Crippen LogP) is -6.90. The monoisotopic (exact) mass is 472 g/mol. The van der Waals surface area contributed by atoms with Crippen LogP contribution in [0.2, 0.25) is 0 Å². The normalized spacial score (nSPS) is 46.5. The molecule has 2 rings (SSSR count). The Morgan fingerprint density at radius 1 is 0.688 bits per heavy atom. The van der Waals surface area contributed by atoms with Gasteiger partial charge in [0.05, 0.1) is 12.2 Å². The van der Waals surface area contributed by atoms with Gasteiger partial charge >= 0.3 is 0 Å². The molecule has 0 spiro atoms. The average molecular weight is 472 g/mol. The van der Waals surface area contributed by atoms with Gasteiger partial charge in [-0.05, 0) is 13.8 Å².